The van der Waals surface area contributed by atoms with E-state index in [0.29, 0.717) is 17.5 Å². The van der Waals surface area contributed by atoms with Crippen molar-refractivity contribution in [2.75, 3.05) is 20.1 Å². The molecule has 1 aromatic rings. The molecule has 2 heteroatoms. The van der Waals surface area contributed by atoms with Crippen LogP contribution in [0, 0.1) is 5.41 Å². The Morgan fingerprint density at radius 3 is 2.21 bits per heavy atom. The maximum atomic E-state index is 3.49. The van der Waals surface area contributed by atoms with Gasteiger partial charge in [-0.15, -0.1) is 0 Å². The average molecular weight is 260 g/mol. The first-order valence-electron chi connectivity index (χ1n) is 7.50. The predicted octanol–water partition coefficient (Wildman–Crippen LogP) is 3.46. The lowest BCUT2D eigenvalue weighted by Gasteiger charge is -2.42. The molecule has 1 saturated heterocycles. The van der Waals surface area contributed by atoms with E-state index in [1.807, 2.05) is 0 Å². The summed E-state index contributed by atoms with van der Waals surface area (Å²) in [4.78, 5) is 2.64. The van der Waals surface area contributed by atoms with Crippen molar-refractivity contribution in [1.29, 1.82) is 0 Å². The molecule has 2 nitrogen and oxygen atoms in total. The highest BCUT2D eigenvalue weighted by atomic mass is 15.2. The van der Waals surface area contributed by atoms with E-state index in [0.717, 1.165) is 0 Å². The van der Waals surface area contributed by atoms with Crippen LogP contribution in [0.4, 0.5) is 0 Å². The standard InChI is InChI=1S/C17H28N2/c1-14(19-12-10-17(2,3)11-13-19)16(18-4)15-8-6-5-7-9-15/h5-9,14,16,18H,10-13H2,1-4H3. The van der Waals surface area contributed by atoms with Gasteiger partial charge in [-0.25, -0.2) is 0 Å². The lowest BCUT2D eigenvalue weighted by Crippen LogP contribution is -2.47. The molecule has 1 aliphatic rings. The van der Waals surface area contributed by atoms with Crippen LogP contribution >= 0.6 is 0 Å². The zero-order valence-electron chi connectivity index (χ0n) is 12.8. The maximum absolute atomic E-state index is 3.49. The molecule has 0 radical (unpaired) electrons. The summed E-state index contributed by atoms with van der Waals surface area (Å²) in [5.41, 5.74) is 1.92. The Morgan fingerprint density at radius 1 is 1.11 bits per heavy atom. The van der Waals surface area contributed by atoms with Gasteiger partial charge >= 0.3 is 0 Å². The molecule has 0 aromatic heterocycles. The Bertz CT molecular complexity index is 376. The predicted molar refractivity (Wildman–Crippen MR) is 82.3 cm³/mol. The Hall–Kier alpha value is -0.860. The second-order valence-corrected chi connectivity index (χ2v) is 6.62. The number of piperidine rings is 1. The van der Waals surface area contributed by atoms with E-state index in [2.05, 4.69) is 68.4 Å². The van der Waals surface area contributed by atoms with Crippen molar-refractivity contribution in [3.05, 3.63) is 35.9 Å². The highest BCUT2D eigenvalue weighted by Gasteiger charge is 2.30. The fourth-order valence-corrected chi connectivity index (χ4v) is 3.09. The Kier molecular flexibility index (Phi) is 4.64. The number of hydrogen-bond donors (Lipinski definition) is 1. The molecular weight excluding hydrogens is 232 g/mol. The van der Waals surface area contributed by atoms with Gasteiger partial charge in [-0.1, -0.05) is 44.2 Å². The molecule has 2 unspecified atom stereocenters. The molecule has 0 bridgehead atoms. The third kappa shape index (κ3) is 3.58. The van der Waals surface area contributed by atoms with E-state index >= 15 is 0 Å². The highest BCUT2D eigenvalue weighted by molar-refractivity contribution is 5.20. The molecular formula is C17H28N2. The smallest absolute Gasteiger partial charge is 0.0473 e. The van der Waals surface area contributed by atoms with Crippen molar-refractivity contribution in [3.63, 3.8) is 0 Å². The van der Waals surface area contributed by atoms with Gasteiger partial charge < -0.3 is 5.32 Å². The fraction of sp³-hybridized carbons (Fsp3) is 0.647. The first kappa shape index (κ1) is 14.5. The van der Waals surface area contributed by atoms with Crippen molar-refractivity contribution >= 4 is 0 Å². The third-order valence-corrected chi connectivity index (χ3v) is 4.68. The fourth-order valence-electron chi connectivity index (χ4n) is 3.09. The van der Waals surface area contributed by atoms with E-state index in [9.17, 15) is 0 Å². The highest BCUT2D eigenvalue weighted by Crippen LogP contribution is 2.32. The lowest BCUT2D eigenvalue weighted by molar-refractivity contribution is 0.0844. The number of likely N-dealkylation sites (N-methyl/N-ethyl adjacent to an activating group) is 1. The molecule has 0 spiro atoms. The first-order valence-corrected chi connectivity index (χ1v) is 7.50. The number of benzene rings is 1. The van der Waals surface area contributed by atoms with Crippen molar-refractivity contribution in [1.82, 2.24) is 10.2 Å². The lowest BCUT2D eigenvalue weighted by atomic mass is 9.82. The summed E-state index contributed by atoms with van der Waals surface area (Å²) in [6.07, 6.45) is 2.62. The quantitative estimate of drug-likeness (QED) is 0.892. The minimum atomic E-state index is 0.419. The molecule has 106 valence electrons. The number of nitrogens with zero attached hydrogens (tertiary/aromatic N) is 1. The Balaban J connectivity index is 2.04. The van der Waals surface area contributed by atoms with Crippen LogP contribution in [0.25, 0.3) is 0 Å². The normalized spacial score (nSPS) is 22.9. The topological polar surface area (TPSA) is 15.3 Å². The summed E-state index contributed by atoms with van der Waals surface area (Å²) >= 11 is 0. The van der Waals surface area contributed by atoms with Crippen LogP contribution in [0.5, 0.6) is 0 Å². The molecule has 1 fully saturated rings. The summed E-state index contributed by atoms with van der Waals surface area (Å²) in [6, 6.07) is 11.8. The first-order chi connectivity index (χ1) is 9.03. The van der Waals surface area contributed by atoms with E-state index in [4.69, 9.17) is 0 Å². The van der Waals surface area contributed by atoms with Crippen LogP contribution in [0.15, 0.2) is 30.3 Å². The molecule has 1 aliphatic heterocycles. The minimum absolute atomic E-state index is 0.419. The molecule has 1 aromatic carbocycles. The Morgan fingerprint density at radius 2 is 1.68 bits per heavy atom. The van der Waals surface area contributed by atoms with Crippen LogP contribution in [-0.2, 0) is 0 Å². The van der Waals surface area contributed by atoms with Gasteiger partial charge in [0.2, 0.25) is 0 Å². The summed E-state index contributed by atoms with van der Waals surface area (Å²) in [5, 5.41) is 3.49. The van der Waals surface area contributed by atoms with Crippen molar-refractivity contribution in [2.24, 2.45) is 5.41 Å². The van der Waals surface area contributed by atoms with Gasteiger partial charge in [0.1, 0.15) is 0 Å². The zero-order chi connectivity index (χ0) is 13.9. The van der Waals surface area contributed by atoms with Crippen LogP contribution in [0.3, 0.4) is 0 Å². The summed E-state index contributed by atoms with van der Waals surface area (Å²) in [7, 11) is 2.07. The van der Waals surface area contributed by atoms with Crippen molar-refractivity contribution in [2.45, 2.75) is 45.7 Å². The second-order valence-electron chi connectivity index (χ2n) is 6.62. The Labute approximate surface area is 118 Å². The molecule has 1 N–H and O–H groups in total. The van der Waals surface area contributed by atoms with Crippen LogP contribution < -0.4 is 5.32 Å². The van der Waals surface area contributed by atoms with Crippen LogP contribution in [0.2, 0.25) is 0 Å². The van der Waals surface area contributed by atoms with Gasteiger partial charge in [-0.2, -0.15) is 0 Å². The van der Waals surface area contributed by atoms with Crippen LogP contribution in [-0.4, -0.2) is 31.1 Å². The van der Waals surface area contributed by atoms with Crippen molar-refractivity contribution in [3.8, 4) is 0 Å². The minimum Gasteiger partial charge on any atom is -0.312 e. The third-order valence-electron chi connectivity index (χ3n) is 4.68. The summed E-state index contributed by atoms with van der Waals surface area (Å²) < 4.78 is 0. The molecule has 19 heavy (non-hydrogen) atoms. The van der Waals surface area contributed by atoms with E-state index in [1.165, 1.54) is 31.5 Å². The van der Waals surface area contributed by atoms with Gasteiger partial charge in [-0.3, -0.25) is 4.90 Å². The maximum Gasteiger partial charge on any atom is 0.0473 e. The van der Waals surface area contributed by atoms with Crippen LogP contribution in [0.1, 0.15) is 45.2 Å². The molecule has 0 saturated carbocycles. The zero-order valence-corrected chi connectivity index (χ0v) is 12.8. The van der Waals surface area contributed by atoms with Gasteiger partial charge in [0, 0.05) is 12.1 Å². The molecule has 0 aliphatic carbocycles. The second kappa shape index (κ2) is 6.06. The number of nitrogens with one attached hydrogen (secondary N) is 1. The van der Waals surface area contributed by atoms with Gasteiger partial charge in [0.15, 0.2) is 0 Å². The SMILES string of the molecule is CNC(c1ccccc1)C(C)N1CCC(C)(C)CC1. The largest absolute Gasteiger partial charge is 0.312 e. The number of likely N-dealkylation sites (tertiary alicyclic amines) is 1. The average Bonchev–Trinajstić information content (AvgIpc) is 2.40. The molecule has 0 amide bonds. The number of hydrogen-bond acceptors (Lipinski definition) is 2. The number of rotatable bonds is 4. The summed E-state index contributed by atoms with van der Waals surface area (Å²) in [5.74, 6) is 0. The monoisotopic (exact) mass is 260 g/mol. The molecule has 1 heterocycles. The van der Waals surface area contributed by atoms with E-state index < -0.39 is 0 Å². The molecule has 2 atom stereocenters. The van der Waals surface area contributed by atoms with Gasteiger partial charge in [0.05, 0.1) is 0 Å². The van der Waals surface area contributed by atoms with Crippen molar-refractivity contribution < 1.29 is 0 Å². The van der Waals surface area contributed by atoms with Gasteiger partial charge in [0.25, 0.3) is 0 Å². The van der Waals surface area contributed by atoms with E-state index in [1.54, 1.807) is 0 Å². The van der Waals surface area contributed by atoms with E-state index in [-0.39, 0.29) is 0 Å². The van der Waals surface area contributed by atoms with Gasteiger partial charge in [-0.05, 0) is 50.9 Å². The summed E-state index contributed by atoms with van der Waals surface area (Å²) in [6.45, 7) is 9.58. The molecule has 2 rings (SSSR count).